The molecule has 16 nitrogen and oxygen atoms in total. The van der Waals surface area contributed by atoms with Crippen molar-refractivity contribution in [3.8, 4) is 11.6 Å². The number of hydrogen-bond acceptors (Lipinski definition) is 8. The van der Waals surface area contributed by atoms with Gasteiger partial charge in [0.05, 0.1) is 5.69 Å². The van der Waals surface area contributed by atoms with Crippen LogP contribution < -0.4 is 10.1 Å². The highest BCUT2D eigenvalue weighted by atomic mass is 16.5. The van der Waals surface area contributed by atoms with Crippen molar-refractivity contribution in [2.24, 2.45) is 0 Å². The molecule has 258 valence electrons. The van der Waals surface area contributed by atoms with Crippen LogP contribution in [-0.4, -0.2) is 139 Å². The zero-order chi connectivity index (χ0) is 34.5. The predicted molar refractivity (Wildman–Crippen MR) is 168 cm³/mol. The molecular weight excluding hydrogens is 626 g/mol. The maximum absolute atomic E-state index is 13.6. The van der Waals surface area contributed by atoms with Crippen LogP contribution in [0.1, 0.15) is 55.9 Å². The Morgan fingerprint density at radius 1 is 0.958 bits per heavy atom. The first-order valence-electron chi connectivity index (χ1n) is 16.1. The van der Waals surface area contributed by atoms with Gasteiger partial charge in [-0.25, -0.2) is 9.48 Å². The highest BCUT2D eigenvalue weighted by molar-refractivity contribution is 5.96. The number of amides is 5. The number of likely N-dealkylation sites (N-methyl/N-ethyl adjacent to an activating group) is 1. The number of nitrogens with one attached hydrogen (secondary N) is 1. The van der Waals surface area contributed by atoms with Gasteiger partial charge in [0.25, 0.3) is 11.8 Å². The number of piperazine rings is 1. The highest BCUT2D eigenvalue weighted by Gasteiger charge is 2.41. The van der Waals surface area contributed by atoms with E-state index in [0.29, 0.717) is 25.1 Å². The molecule has 3 atom stereocenters. The van der Waals surface area contributed by atoms with E-state index in [1.54, 1.807) is 54.1 Å². The minimum absolute atomic E-state index is 0.0718. The summed E-state index contributed by atoms with van der Waals surface area (Å²) in [5.74, 6) is -2.84. The number of ether oxygens (including phenoxy) is 1. The summed E-state index contributed by atoms with van der Waals surface area (Å²) in [6.07, 6.45) is 0.451. The van der Waals surface area contributed by atoms with Crippen molar-refractivity contribution in [3.63, 3.8) is 0 Å². The summed E-state index contributed by atoms with van der Waals surface area (Å²) >= 11 is 0. The molecule has 2 aromatic rings. The molecule has 2 aliphatic heterocycles. The number of para-hydroxylation sites is 1. The Hall–Kier alpha value is -5.15. The van der Waals surface area contributed by atoms with Gasteiger partial charge in [-0.05, 0) is 51.2 Å². The van der Waals surface area contributed by atoms with Crippen LogP contribution in [-0.2, 0) is 19.2 Å². The molecule has 2 saturated heterocycles. The number of aromatic nitrogens is 2. The molecule has 1 aromatic carbocycles. The zero-order valence-corrected chi connectivity index (χ0v) is 27.0. The number of rotatable bonds is 12. The summed E-state index contributed by atoms with van der Waals surface area (Å²) in [4.78, 5) is 82.2. The third-order valence-corrected chi connectivity index (χ3v) is 8.93. The van der Waals surface area contributed by atoms with E-state index < -0.39 is 48.5 Å². The number of carboxylic acid groups (broad SMARTS) is 2. The van der Waals surface area contributed by atoms with Crippen molar-refractivity contribution in [1.82, 2.24) is 34.7 Å². The van der Waals surface area contributed by atoms with Gasteiger partial charge in [0.2, 0.25) is 17.7 Å². The third-order valence-electron chi connectivity index (χ3n) is 8.93. The van der Waals surface area contributed by atoms with E-state index in [2.05, 4.69) is 10.4 Å². The monoisotopic (exact) mass is 667 g/mol. The number of likely N-dealkylation sites (tertiary alicyclic amines) is 1. The second-order valence-electron chi connectivity index (χ2n) is 12.3. The van der Waals surface area contributed by atoms with E-state index in [9.17, 15) is 39.0 Å². The average molecular weight is 668 g/mol. The fraction of sp³-hybridized carbons (Fsp3) is 0.531. The summed E-state index contributed by atoms with van der Waals surface area (Å²) in [6, 6.07) is 8.55. The maximum Gasteiger partial charge on any atom is 0.407 e. The number of nitrogens with zero attached hydrogens (tertiary/aromatic N) is 6. The first-order chi connectivity index (χ1) is 22.9. The topological polar surface area (TPSA) is 195 Å². The molecule has 5 rings (SSSR count). The lowest BCUT2D eigenvalue weighted by atomic mass is 10.1. The van der Waals surface area contributed by atoms with Gasteiger partial charge in [0.1, 0.15) is 12.1 Å². The Balaban J connectivity index is 1.33. The van der Waals surface area contributed by atoms with Gasteiger partial charge in [0, 0.05) is 58.3 Å². The van der Waals surface area contributed by atoms with Crippen LogP contribution in [0.25, 0.3) is 5.69 Å². The molecule has 3 heterocycles. The fourth-order valence-corrected chi connectivity index (χ4v) is 6.04. The van der Waals surface area contributed by atoms with Crippen LogP contribution >= 0.6 is 0 Å². The molecule has 0 radical (unpaired) electrons. The Morgan fingerprint density at radius 3 is 2.25 bits per heavy atom. The van der Waals surface area contributed by atoms with E-state index in [0.717, 1.165) is 12.8 Å². The number of benzene rings is 1. The molecule has 16 heteroatoms. The van der Waals surface area contributed by atoms with Crippen LogP contribution in [0.3, 0.4) is 0 Å². The molecule has 3 aliphatic rings. The summed E-state index contributed by atoms with van der Waals surface area (Å²) in [5.41, 5.74) is 0.388. The number of carboxylic acids is 1. The molecule has 0 unspecified atom stereocenters. The fourth-order valence-electron chi connectivity index (χ4n) is 6.04. The van der Waals surface area contributed by atoms with E-state index >= 15 is 0 Å². The first-order valence-corrected chi connectivity index (χ1v) is 16.1. The number of carbonyl (C=O) groups is 6. The maximum atomic E-state index is 13.6. The van der Waals surface area contributed by atoms with Crippen molar-refractivity contribution < 1.29 is 43.7 Å². The molecule has 48 heavy (non-hydrogen) atoms. The van der Waals surface area contributed by atoms with Crippen molar-refractivity contribution in [2.45, 2.75) is 69.7 Å². The average Bonchev–Trinajstić information content (AvgIpc) is 3.67. The van der Waals surface area contributed by atoms with Gasteiger partial charge in [0.15, 0.2) is 11.8 Å². The molecule has 0 bridgehead atoms. The quantitative estimate of drug-likeness (QED) is 0.294. The van der Waals surface area contributed by atoms with Crippen LogP contribution in [0, 0.1) is 0 Å². The Bertz CT molecular complexity index is 1540. The minimum atomic E-state index is -1.21. The van der Waals surface area contributed by atoms with Crippen molar-refractivity contribution in [1.29, 1.82) is 0 Å². The SMILES string of the molecule is C[C@@H](Oc1cc(C(=O)N[C@@H](CCC(=O)O)C(=O)N2CCN(C(=O)O)CC2)nn1-c1ccccc1)C(=O)N1CCC[C@H]1C(=O)N(C)C1CC1. The van der Waals surface area contributed by atoms with Crippen LogP contribution in [0.15, 0.2) is 36.4 Å². The number of carbonyl (C=O) groups excluding carboxylic acids is 4. The third kappa shape index (κ3) is 7.86. The lowest BCUT2D eigenvalue weighted by molar-refractivity contribution is -0.147. The largest absolute Gasteiger partial charge is 0.481 e. The highest BCUT2D eigenvalue weighted by Crippen LogP contribution is 2.29. The van der Waals surface area contributed by atoms with Crippen LogP contribution in [0.4, 0.5) is 4.79 Å². The zero-order valence-electron chi connectivity index (χ0n) is 27.0. The molecule has 3 N–H and O–H groups in total. The van der Waals surface area contributed by atoms with Gasteiger partial charge < -0.3 is 39.9 Å². The molecular formula is C32H41N7O9. The predicted octanol–water partition coefficient (Wildman–Crippen LogP) is 1.04. The lowest BCUT2D eigenvalue weighted by Crippen LogP contribution is -2.55. The summed E-state index contributed by atoms with van der Waals surface area (Å²) < 4.78 is 7.46. The van der Waals surface area contributed by atoms with Crippen LogP contribution in [0.5, 0.6) is 5.88 Å². The number of aliphatic carboxylic acids is 1. The Morgan fingerprint density at radius 2 is 1.62 bits per heavy atom. The molecule has 3 fully saturated rings. The van der Waals surface area contributed by atoms with Crippen molar-refractivity contribution in [3.05, 3.63) is 42.1 Å². The Kier molecular flexibility index (Phi) is 10.5. The smallest absolute Gasteiger partial charge is 0.407 e. The molecule has 0 spiro atoms. The van der Waals surface area contributed by atoms with Gasteiger partial charge in [-0.2, -0.15) is 5.10 Å². The van der Waals surface area contributed by atoms with Gasteiger partial charge in [-0.15, -0.1) is 0 Å². The molecule has 5 amide bonds. The first kappa shape index (κ1) is 34.2. The lowest BCUT2D eigenvalue weighted by Gasteiger charge is -2.35. The summed E-state index contributed by atoms with van der Waals surface area (Å²) in [7, 11) is 1.77. The molecule has 1 saturated carbocycles. The second kappa shape index (κ2) is 14.7. The second-order valence-corrected chi connectivity index (χ2v) is 12.3. The van der Waals surface area contributed by atoms with Gasteiger partial charge in [-0.3, -0.25) is 24.0 Å². The Labute approximate surface area is 277 Å². The molecule has 1 aliphatic carbocycles. The van der Waals surface area contributed by atoms with E-state index in [1.807, 2.05) is 0 Å². The van der Waals surface area contributed by atoms with Crippen molar-refractivity contribution >= 4 is 35.7 Å². The normalized spacial score (nSPS) is 19.0. The minimum Gasteiger partial charge on any atom is -0.481 e. The van der Waals surface area contributed by atoms with E-state index in [-0.39, 0.29) is 62.0 Å². The summed E-state index contributed by atoms with van der Waals surface area (Å²) in [5, 5.41) is 25.5. The standard InChI is InChI=1S/C32H41N7O9/c1-20(29(43)38-14-6-9-25(38)31(45)35(2)21-10-11-21)48-26-19-24(34-39(26)22-7-4-3-5-8-22)28(42)33-23(12-13-27(40)41)30(44)36-15-17-37(18-16-36)32(46)47/h3-5,7-8,19-21,23,25H,6,9-18H2,1-2H3,(H,33,42)(H,40,41)(H,46,47)/t20-,23+,25+/m1/s1. The summed E-state index contributed by atoms with van der Waals surface area (Å²) in [6.45, 7) is 2.35. The number of hydrogen-bond donors (Lipinski definition) is 3. The van der Waals surface area contributed by atoms with E-state index in [1.165, 1.54) is 20.5 Å². The van der Waals surface area contributed by atoms with Crippen molar-refractivity contribution in [2.75, 3.05) is 39.8 Å². The van der Waals surface area contributed by atoms with Gasteiger partial charge >= 0.3 is 12.1 Å². The molecule has 1 aromatic heterocycles. The van der Waals surface area contributed by atoms with Gasteiger partial charge in [-0.1, -0.05) is 18.2 Å². The van der Waals surface area contributed by atoms with Crippen LogP contribution in [0.2, 0.25) is 0 Å². The van der Waals surface area contributed by atoms with E-state index in [4.69, 9.17) is 4.74 Å².